The lowest BCUT2D eigenvalue weighted by atomic mass is 10.1. The molecule has 1 unspecified atom stereocenters. The molecule has 0 spiro atoms. The van der Waals surface area contributed by atoms with Gasteiger partial charge in [-0.1, -0.05) is 0 Å². The number of carbonyl (C=O) groups excluding carboxylic acids is 2. The van der Waals surface area contributed by atoms with E-state index in [2.05, 4.69) is 5.32 Å². The highest BCUT2D eigenvalue weighted by molar-refractivity contribution is 5.97. The summed E-state index contributed by atoms with van der Waals surface area (Å²) >= 11 is 0. The molecule has 3 rings (SSSR count). The van der Waals surface area contributed by atoms with E-state index in [-0.39, 0.29) is 24.2 Å². The van der Waals surface area contributed by atoms with Gasteiger partial charge in [0.05, 0.1) is 12.5 Å². The average Bonchev–Trinajstić information content (AvgIpc) is 3.06. The number of hydrogen-bond donors (Lipinski definition) is 1. The van der Waals surface area contributed by atoms with Crippen LogP contribution in [0.4, 0.5) is 5.69 Å². The maximum atomic E-state index is 12.3. The molecule has 1 N–H and O–H groups in total. The molecule has 1 saturated heterocycles. The Morgan fingerprint density at radius 3 is 2.19 bits per heavy atom. The number of carbonyl (C=O) groups is 2. The molecular formula is C21H24N2O4. The quantitative estimate of drug-likeness (QED) is 0.809. The fourth-order valence-electron chi connectivity index (χ4n) is 3.01. The van der Waals surface area contributed by atoms with Gasteiger partial charge < -0.3 is 19.7 Å². The summed E-state index contributed by atoms with van der Waals surface area (Å²) in [5.74, 6) is 1.80. The number of nitrogens with zero attached hydrogens (tertiary/aromatic N) is 1. The maximum Gasteiger partial charge on any atom is 0.229 e. The molecule has 0 radical (unpaired) electrons. The molecule has 142 valence electrons. The fraction of sp³-hybridized carbons (Fsp3) is 0.333. The van der Waals surface area contributed by atoms with E-state index in [0.29, 0.717) is 36.9 Å². The van der Waals surface area contributed by atoms with Crippen LogP contribution in [0.1, 0.15) is 20.3 Å². The van der Waals surface area contributed by atoms with Gasteiger partial charge in [-0.25, -0.2) is 0 Å². The van der Waals surface area contributed by atoms with Crippen molar-refractivity contribution in [3.8, 4) is 17.2 Å². The lowest BCUT2D eigenvalue weighted by Crippen LogP contribution is -2.28. The van der Waals surface area contributed by atoms with E-state index < -0.39 is 0 Å². The maximum absolute atomic E-state index is 12.3. The summed E-state index contributed by atoms with van der Waals surface area (Å²) in [5, 5.41) is 2.87. The topological polar surface area (TPSA) is 67.9 Å². The zero-order valence-corrected chi connectivity index (χ0v) is 15.6. The van der Waals surface area contributed by atoms with E-state index >= 15 is 0 Å². The van der Waals surface area contributed by atoms with Gasteiger partial charge in [-0.3, -0.25) is 9.59 Å². The van der Waals surface area contributed by atoms with Crippen LogP contribution in [-0.4, -0.2) is 36.4 Å². The number of ether oxygens (including phenoxy) is 2. The fourth-order valence-corrected chi connectivity index (χ4v) is 3.01. The van der Waals surface area contributed by atoms with E-state index in [4.69, 9.17) is 9.47 Å². The molecule has 1 aliphatic heterocycles. The molecule has 0 aromatic heterocycles. The Balaban J connectivity index is 1.55. The Kier molecular flexibility index (Phi) is 5.96. The molecule has 0 saturated carbocycles. The van der Waals surface area contributed by atoms with Gasteiger partial charge >= 0.3 is 0 Å². The number of hydrogen-bond acceptors (Lipinski definition) is 4. The first-order chi connectivity index (χ1) is 13.1. The molecule has 6 nitrogen and oxygen atoms in total. The first-order valence-corrected chi connectivity index (χ1v) is 9.18. The summed E-state index contributed by atoms with van der Waals surface area (Å²) in [5.41, 5.74) is 0.682. The summed E-state index contributed by atoms with van der Waals surface area (Å²) in [6.45, 7) is 5.61. The highest BCUT2D eigenvalue weighted by Gasteiger charge is 2.33. The molecule has 1 fully saturated rings. The van der Waals surface area contributed by atoms with Gasteiger partial charge in [-0.15, -0.1) is 0 Å². The number of benzene rings is 2. The van der Waals surface area contributed by atoms with Crippen molar-refractivity contribution in [2.45, 2.75) is 20.3 Å². The van der Waals surface area contributed by atoms with Gasteiger partial charge in [0, 0.05) is 25.2 Å². The second-order valence-electron chi connectivity index (χ2n) is 6.35. The van der Waals surface area contributed by atoms with Crippen molar-refractivity contribution in [3.05, 3.63) is 48.5 Å². The van der Waals surface area contributed by atoms with E-state index in [1.54, 1.807) is 29.2 Å². The SMILES string of the molecule is CCOc1ccc(Oc2ccc(NC(=O)C3CC(=O)N(CC)C3)cc2)cc1. The smallest absolute Gasteiger partial charge is 0.229 e. The average molecular weight is 368 g/mol. The van der Waals surface area contributed by atoms with Gasteiger partial charge in [0.15, 0.2) is 0 Å². The molecule has 2 amide bonds. The molecular weight excluding hydrogens is 344 g/mol. The Hall–Kier alpha value is -3.02. The van der Waals surface area contributed by atoms with E-state index in [1.165, 1.54) is 0 Å². The predicted molar refractivity (Wildman–Crippen MR) is 103 cm³/mol. The van der Waals surface area contributed by atoms with Crippen LogP contribution in [0, 0.1) is 5.92 Å². The van der Waals surface area contributed by atoms with Crippen molar-refractivity contribution in [1.82, 2.24) is 4.90 Å². The summed E-state index contributed by atoms with van der Waals surface area (Å²) in [7, 11) is 0. The summed E-state index contributed by atoms with van der Waals surface area (Å²) in [6.07, 6.45) is 0.276. The molecule has 1 atom stereocenters. The first-order valence-electron chi connectivity index (χ1n) is 9.18. The van der Waals surface area contributed by atoms with Crippen molar-refractivity contribution < 1.29 is 19.1 Å². The van der Waals surface area contributed by atoms with Gasteiger partial charge in [0.2, 0.25) is 11.8 Å². The minimum absolute atomic E-state index is 0.0387. The van der Waals surface area contributed by atoms with Crippen LogP contribution in [0.15, 0.2) is 48.5 Å². The van der Waals surface area contributed by atoms with Crippen LogP contribution in [0.5, 0.6) is 17.2 Å². The Morgan fingerprint density at radius 2 is 1.63 bits per heavy atom. The van der Waals surface area contributed by atoms with Crippen LogP contribution < -0.4 is 14.8 Å². The summed E-state index contributed by atoms with van der Waals surface area (Å²) in [4.78, 5) is 25.8. The Morgan fingerprint density at radius 1 is 1.04 bits per heavy atom. The summed E-state index contributed by atoms with van der Waals surface area (Å²) < 4.78 is 11.2. The zero-order valence-electron chi connectivity index (χ0n) is 15.6. The number of likely N-dealkylation sites (tertiary alicyclic amines) is 1. The van der Waals surface area contributed by atoms with Crippen molar-refractivity contribution in [2.24, 2.45) is 5.92 Å². The standard InChI is InChI=1S/C21H24N2O4/c1-3-23-14-15(13-20(23)24)21(25)22-16-5-7-18(8-6-16)27-19-11-9-17(10-12-19)26-4-2/h5-12,15H,3-4,13-14H2,1-2H3,(H,22,25). The van der Waals surface area contributed by atoms with Crippen LogP contribution in [0.3, 0.4) is 0 Å². The predicted octanol–water partition coefficient (Wildman–Crippen LogP) is 3.68. The van der Waals surface area contributed by atoms with E-state index in [9.17, 15) is 9.59 Å². The molecule has 0 aliphatic carbocycles. The summed E-state index contributed by atoms with van der Waals surface area (Å²) in [6, 6.07) is 14.6. The molecule has 1 heterocycles. The second kappa shape index (κ2) is 8.58. The van der Waals surface area contributed by atoms with E-state index in [1.807, 2.05) is 38.1 Å². The largest absolute Gasteiger partial charge is 0.494 e. The number of amides is 2. The molecule has 6 heteroatoms. The van der Waals surface area contributed by atoms with Gasteiger partial charge in [0.25, 0.3) is 0 Å². The van der Waals surface area contributed by atoms with E-state index in [0.717, 1.165) is 5.75 Å². The van der Waals surface area contributed by atoms with Crippen molar-refractivity contribution in [3.63, 3.8) is 0 Å². The molecule has 2 aromatic carbocycles. The Labute approximate surface area is 159 Å². The number of nitrogens with one attached hydrogen (secondary N) is 1. The van der Waals surface area contributed by atoms with Crippen molar-refractivity contribution in [1.29, 1.82) is 0 Å². The van der Waals surface area contributed by atoms with Gasteiger partial charge in [-0.05, 0) is 62.4 Å². The molecule has 1 aliphatic rings. The van der Waals surface area contributed by atoms with Gasteiger partial charge in [0.1, 0.15) is 17.2 Å². The second-order valence-corrected chi connectivity index (χ2v) is 6.35. The molecule has 27 heavy (non-hydrogen) atoms. The third kappa shape index (κ3) is 4.78. The van der Waals surface area contributed by atoms with Crippen molar-refractivity contribution in [2.75, 3.05) is 25.0 Å². The van der Waals surface area contributed by atoms with Crippen LogP contribution in [0.2, 0.25) is 0 Å². The minimum atomic E-state index is -0.294. The lowest BCUT2D eigenvalue weighted by Gasteiger charge is -2.14. The minimum Gasteiger partial charge on any atom is -0.494 e. The third-order valence-corrected chi connectivity index (χ3v) is 4.46. The number of rotatable bonds is 7. The van der Waals surface area contributed by atoms with Crippen LogP contribution in [-0.2, 0) is 9.59 Å². The first kappa shape index (κ1) is 18.8. The Bertz CT molecular complexity index is 787. The van der Waals surface area contributed by atoms with Gasteiger partial charge in [-0.2, -0.15) is 0 Å². The highest BCUT2D eigenvalue weighted by atomic mass is 16.5. The van der Waals surface area contributed by atoms with Crippen molar-refractivity contribution >= 4 is 17.5 Å². The zero-order chi connectivity index (χ0) is 19.2. The highest BCUT2D eigenvalue weighted by Crippen LogP contribution is 2.26. The lowest BCUT2D eigenvalue weighted by molar-refractivity contribution is -0.128. The molecule has 2 aromatic rings. The third-order valence-electron chi connectivity index (χ3n) is 4.46. The van der Waals surface area contributed by atoms with Crippen LogP contribution in [0.25, 0.3) is 0 Å². The number of anilines is 1. The molecule has 0 bridgehead atoms. The normalized spacial score (nSPS) is 16.3. The van der Waals surface area contributed by atoms with Crippen LogP contribution >= 0.6 is 0 Å². The monoisotopic (exact) mass is 368 g/mol.